The van der Waals surface area contributed by atoms with Crippen molar-refractivity contribution in [3.63, 3.8) is 0 Å². The molecule has 3 rings (SSSR count). The topological polar surface area (TPSA) is 99.8 Å². The first-order valence-corrected chi connectivity index (χ1v) is 9.65. The predicted molar refractivity (Wildman–Crippen MR) is 109 cm³/mol. The Hall–Kier alpha value is -3.43. The van der Waals surface area contributed by atoms with Gasteiger partial charge in [0.2, 0.25) is 11.8 Å². The maximum Gasteiger partial charge on any atom is 0.416 e. The summed E-state index contributed by atoms with van der Waals surface area (Å²) in [5.74, 6) is -0.0700. The second kappa shape index (κ2) is 8.75. The Morgan fingerprint density at radius 3 is 2.55 bits per heavy atom. The predicted octanol–water partition coefficient (Wildman–Crippen LogP) is 3.99. The largest absolute Gasteiger partial charge is 0.416 e. The maximum absolute atomic E-state index is 12.8. The average Bonchev–Trinajstić information content (AvgIpc) is 3.08. The average molecular weight is 433 g/mol. The third-order valence-electron chi connectivity index (χ3n) is 4.62. The molecule has 0 radical (unpaired) electrons. The van der Waals surface area contributed by atoms with Crippen LogP contribution in [0.1, 0.15) is 43.8 Å². The summed E-state index contributed by atoms with van der Waals surface area (Å²) in [6.07, 6.45) is -3.04. The number of nitrogens with one attached hydrogen (secondary N) is 3. The van der Waals surface area contributed by atoms with Crippen LogP contribution in [0, 0.1) is 5.92 Å². The number of hydrogen-bond acceptors (Lipinski definition) is 4. The van der Waals surface area contributed by atoms with E-state index in [4.69, 9.17) is 0 Å². The standard InChI is InChI=1S/C21H22F3N5O2/c1-11(2)20(31)29-17-8-13(6-7-25-17)12(3)26-19(30)10-18-27-15-5-4-14(21(22,23)24)9-16(15)28-18/h4-9,11-12H,10H2,1-3H3,(H,26,30)(H,27,28)(H,25,29,31). The number of aromatic nitrogens is 3. The number of carbonyl (C=O) groups is 2. The molecule has 164 valence electrons. The van der Waals surface area contributed by atoms with Gasteiger partial charge in [-0.25, -0.2) is 9.97 Å². The molecule has 31 heavy (non-hydrogen) atoms. The van der Waals surface area contributed by atoms with Crippen molar-refractivity contribution in [3.05, 3.63) is 53.5 Å². The number of imidazole rings is 1. The molecule has 0 spiro atoms. The molecular formula is C21H22F3N5O2. The molecular weight excluding hydrogens is 411 g/mol. The van der Waals surface area contributed by atoms with E-state index in [1.54, 1.807) is 32.9 Å². The molecule has 3 N–H and O–H groups in total. The van der Waals surface area contributed by atoms with Crippen molar-refractivity contribution in [1.29, 1.82) is 0 Å². The van der Waals surface area contributed by atoms with Gasteiger partial charge in [-0.3, -0.25) is 9.59 Å². The number of benzene rings is 1. The number of carbonyl (C=O) groups excluding carboxylic acids is 2. The van der Waals surface area contributed by atoms with Crippen LogP contribution < -0.4 is 10.6 Å². The molecule has 3 aromatic rings. The Bertz CT molecular complexity index is 1110. The first-order chi connectivity index (χ1) is 14.5. The van der Waals surface area contributed by atoms with Crippen molar-refractivity contribution in [2.45, 2.75) is 39.4 Å². The minimum absolute atomic E-state index is 0.123. The van der Waals surface area contributed by atoms with Crippen LogP contribution in [-0.2, 0) is 22.2 Å². The molecule has 10 heteroatoms. The van der Waals surface area contributed by atoms with Gasteiger partial charge in [-0.05, 0) is 42.8 Å². The van der Waals surface area contributed by atoms with Crippen molar-refractivity contribution >= 4 is 28.7 Å². The molecule has 7 nitrogen and oxygen atoms in total. The van der Waals surface area contributed by atoms with E-state index in [1.807, 2.05) is 0 Å². The van der Waals surface area contributed by atoms with Crippen LogP contribution in [0.2, 0.25) is 0 Å². The fourth-order valence-corrected chi connectivity index (χ4v) is 2.91. The third kappa shape index (κ3) is 5.59. The van der Waals surface area contributed by atoms with Crippen molar-refractivity contribution < 1.29 is 22.8 Å². The van der Waals surface area contributed by atoms with Crippen molar-refractivity contribution in [2.75, 3.05) is 5.32 Å². The zero-order valence-corrected chi connectivity index (χ0v) is 17.2. The van der Waals surface area contributed by atoms with Crippen molar-refractivity contribution in [1.82, 2.24) is 20.3 Å². The number of fused-ring (bicyclic) bond motifs is 1. The number of halogens is 3. The van der Waals surface area contributed by atoms with E-state index in [2.05, 4.69) is 25.6 Å². The molecule has 0 saturated heterocycles. The molecule has 0 aliphatic heterocycles. The molecule has 2 amide bonds. The summed E-state index contributed by atoms with van der Waals surface area (Å²) in [5, 5.41) is 5.51. The summed E-state index contributed by atoms with van der Waals surface area (Å²) in [5.41, 5.74) is 0.516. The van der Waals surface area contributed by atoms with Crippen LogP contribution in [0.15, 0.2) is 36.5 Å². The van der Waals surface area contributed by atoms with Gasteiger partial charge in [0.25, 0.3) is 0 Å². The lowest BCUT2D eigenvalue weighted by molar-refractivity contribution is -0.137. The quantitative estimate of drug-likeness (QED) is 0.547. The van der Waals surface area contributed by atoms with E-state index in [0.717, 1.165) is 17.7 Å². The van der Waals surface area contributed by atoms with Gasteiger partial charge in [0.1, 0.15) is 11.6 Å². The van der Waals surface area contributed by atoms with Crippen LogP contribution >= 0.6 is 0 Å². The SMILES string of the molecule is CC(C)C(=O)Nc1cc(C(C)NC(=O)Cc2nc3ccc(C(F)(F)F)cc3[nH]2)ccn1. The number of anilines is 1. The first-order valence-electron chi connectivity index (χ1n) is 9.65. The van der Waals surface area contributed by atoms with E-state index in [1.165, 1.54) is 12.3 Å². The number of pyridine rings is 1. The highest BCUT2D eigenvalue weighted by molar-refractivity contribution is 5.91. The molecule has 0 saturated carbocycles. The summed E-state index contributed by atoms with van der Waals surface area (Å²) in [6, 6.07) is 6.19. The van der Waals surface area contributed by atoms with Crippen LogP contribution in [-0.4, -0.2) is 26.8 Å². The summed E-state index contributed by atoms with van der Waals surface area (Å²) in [6.45, 7) is 5.31. The van der Waals surface area contributed by atoms with Crippen LogP contribution in [0.5, 0.6) is 0 Å². The van der Waals surface area contributed by atoms with E-state index < -0.39 is 11.7 Å². The van der Waals surface area contributed by atoms with Gasteiger partial charge >= 0.3 is 6.18 Å². The fourth-order valence-electron chi connectivity index (χ4n) is 2.91. The second-order valence-corrected chi connectivity index (χ2v) is 7.50. The van der Waals surface area contributed by atoms with E-state index in [-0.39, 0.29) is 41.5 Å². The van der Waals surface area contributed by atoms with Gasteiger partial charge < -0.3 is 15.6 Å². The van der Waals surface area contributed by atoms with Crippen LogP contribution in [0.3, 0.4) is 0 Å². The molecule has 1 atom stereocenters. The molecule has 0 aliphatic rings. The normalized spacial score (nSPS) is 12.7. The number of H-pyrrole nitrogens is 1. The molecule has 2 aromatic heterocycles. The minimum Gasteiger partial charge on any atom is -0.349 e. The van der Waals surface area contributed by atoms with Gasteiger partial charge in [0.15, 0.2) is 0 Å². The summed E-state index contributed by atoms with van der Waals surface area (Å²) < 4.78 is 38.5. The summed E-state index contributed by atoms with van der Waals surface area (Å²) in [7, 11) is 0. The monoisotopic (exact) mass is 433 g/mol. The lowest BCUT2D eigenvalue weighted by atomic mass is 10.1. The number of alkyl halides is 3. The number of aromatic amines is 1. The van der Waals surface area contributed by atoms with Gasteiger partial charge in [0.05, 0.1) is 29.1 Å². The van der Waals surface area contributed by atoms with E-state index >= 15 is 0 Å². The van der Waals surface area contributed by atoms with E-state index in [9.17, 15) is 22.8 Å². The zero-order valence-electron chi connectivity index (χ0n) is 17.2. The van der Waals surface area contributed by atoms with Crippen molar-refractivity contribution in [2.24, 2.45) is 5.92 Å². The molecule has 2 heterocycles. The fraction of sp³-hybridized carbons (Fsp3) is 0.333. The number of amides is 2. The highest BCUT2D eigenvalue weighted by Gasteiger charge is 2.30. The first kappa shape index (κ1) is 22.3. The minimum atomic E-state index is -4.45. The molecule has 0 aliphatic carbocycles. The summed E-state index contributed by atoms with van der Waals surface area (Å²) >= 11 is 0. The lowest BCUT2D eigenvalue weighted by Crippen LogP contribution is -2.28. The lowest BCUT2D eigenvalue weighted by Gasteiger charge is -2.15. The van der Waals surface area contributed by atoms with Crippen molar-refractivity contribution in [3.8, 4) is 0 Å². The van der Waals surface area contributed by atoms with Gasteiger partial charge in [-0.2, -0.15) is 13.2 Å². The van der Waals surface area contributed by atoms with Gasteiger partial charge in [-0.1, -0.05) is 13.8 Å². The zero-order chi connectivity index (χ0) is 22.8. The smallest absolute Gasteiger partial charge is 0.349 e. The maximum atomic E-state index is 12.8. The van der Waals surface area contributed by atoms with E-state index in [0.29, 0.717) is 11.3 Å². The molecule has 0 bridgehead atoms. The highest BCUT2D eigenvalue weighted by atomic mass is 19.4. The Kier molecular flexibility index (Phi) is 6.28. The van der Waals surface area contributed by atoms with Crippen LogP contribution in [0.4, 0.5) is 19.0 Å². The van der Waals surface area contributed by atoms with Gasteiger partial charge in [-0.15, -0.1) is 0 Å². The molecule has 0 fully saturated rings. The Labute approximate surface area is 176 Å². The van der Waals surface area contributed by atoms with Gasteiger partial charge in [0, 0.05) is 12.1 Å². The number of hydrogen-bond donors (Lipinski definition) is 3. The number of rotatable bonds is 6. The molecule has 1 unspecified atom stereocenters. The Morgan fingerprint density at radius 1 is 1.13 bits per heavy atom. The second-order valence-electron chi connectivity index (χ2n) is 7.50. The number of nitrogens with zero attached hydrogens (tertiary/aromatic N) is 2. The summed E-state index contributed by atoms with van der Waals surface area (Å²) in [4.78, 5) is 35.3. The third-order valence-corrected chi connectivity index (χ3v) is 4.62. The molecule has 1 aromatic carbocycles. The van der Waals surface area contributed by atoms with Crippen LogP contribution in [0.25, 0.3) is 11.0 Å². The highest BCUT2D eigenvalue weighted by Crippen LogP contribution is 2.30. The Balaban J connectivity index is 1.66. The Morgan fingerprint density at radius 2 is 1.87 bits per heavy atom.